The summed E-state index contributed by atoms with van der Waals surface area (Å²) in [6, 6.07) is 17.7. The zero-order valence-electron chi connectivity index (χ0n) is 14.7. The fourth-order valence-corrected chi connectivity index (χ4v) is 3.87. The first-order chi connectivity index (χ1) is 13.7. The number of sulfonamides is 1. The summed E-state index contributed by atoms with van der Waals surface area (Å²) in [6.07, 6.45) is 0. The van der Waals surface area contributed by atoms with Gasteiger partial charge in [-0.1, -0.05) is 6.07 Å². The monoisotopic (exact) mass is 523 g/mol. The molecule has 0 radical (unpaired) electrons. The Labute approximate surface area is 180 Å². The Morgan fingerprint density at radius 3 is 2.17 bits per heavy atom. The summed E-state index contributed by atoms with van der Waals surface area (Å²) in [7, 11) is -3.88. The van der Waals surface area contributed by atoms with Gasteiger partial charge in [0.1, 0.15) is 0 Å². The van der Waals surface area contributed by atoms with Crippen LogP contribution in [-0.4, -0.2) is 19.2 Å². The topological polar surface area (TPSA) is 118 Å². The summed E-state index contributed by atoms with van der Waals surface area (Å²) in [5.41, 5.74) is 0.795. The van der Waals surface area contributed by atoms with Crippen LogP contribution in [0.5, 0.6) is 0 Å². The van der Waals surface area contributed by atoms with Gasteiger partial charge in [-0.2, -0.15) is 0 Å². The molecule has 0 aliphatic rings. The molecule has 2 N–H and O–H groups in total. The number of carbonyl (C=O) groups excluding carboxylic acids is 1. The van der Waals surface area contributed by atoms with E-state index in [9.17, 15) is 23.3 Å². The van der Waals surface area contributed by atoms with Crippen LogP contribution in [0.3, 0.4) is 0 Å². The molecule has 0 saturated heterocycles. The predicted octanol–water partition coefficient (Wildman–Crippen LogP) is 4.25. The maximum Gasteiger partial charge on any atom is 0.269 e. The van der Waals surface area contributed by atoms with Crippen molar-refractivity contribution in [2.45, 2.75) is 4.90 Å². The number of anilines is 2. The first-order valence-electron chi connectivity index (χ1n) is 8.19. The van der Waals surface area contributed by atoms with Crippen molar-refractivity contribution in [2.75, 3.05) is 10.0 Å². The number of non-ortho nitro benzene ring substituents is 1. The first-order valence-corrected chi connectivity index (χ1v) is 10.7. The third kappa shape index (κ3) is 5.29. The highest BCUT2D eigenvalue weighted by Crippen LogP contribution is 2.20. The molecule has 3 rings (SSSR count). The van der Waals surface area contributed by atoms with Gasteiger partial charge in [0.25, 0.3) is 21.6 Å². The molecule has 0 atom stereocenters. The maximum atomic E-state index is 12.6. The third-order valence-corrected chi connectivity index (χ3v) is 5.94. The van der Waals surface area contributed by atoms with Crippen molar-refractivity contribution in [3.8, 4) is 0 Å². The van der Waals surface area contributed by atoms with Crippen LogP contribution in [-0.2, 0) is 10.0 Å². The van der Waals surface area contributed by atoms with E-state index in [1.807, 2.05) is 0 Å². The second-order valence-corrected chi connectivity index (χ2v) is 8.83. The second-order valence-electron chi connectivity index (χ2n) is 5.90. The second kappa shape index (κ2) is 8.57. The third-order valence-electron chi connectivity index (χ3n) is 3.84. The number of hydrogen-bond donors (Lipinski definition) is 2. The van der Waals surface area contributed by atoms with E-state index in [1.165, 1.54) is 48.5 Å². The van der Waals surface area contributed by atoms with E-state index in [-0.39, 0.29) is 16.1 Å². The molecule has 3 aromatic carbocycles. The number of halogens is 1. The van der Waals surface area contributed by atoms with Crippen molar-refractivity contribution in [2.24, 2.45) is 0 Å². The van der Waals surface area contributed by atoms with Crippen molar-refractivity contribution >= 4 is 55.6 Å². The first kappa shape index (κ1) is 20.7. The van der Waals surface area contributed by atoms with Gasteiger partial charge in [0.2, 0.25) is 0 Å². The zero-order chi connectivity index (χ0) is 21.0. The number of benzene rings is 3. The Hall–Kier alpha value is -2.99. The van der Waals surface area contributed by atoms with Gasteiger partial charge in [-0.05, 0) is 77.2 Å². The minimum atomic E-state index is -3.88. The van der Waals surface area contributed by atoms with Gasteiger partial charge >= 0.3 is 0 Å². The number of nitro benzene ring substituents is 1. The van der Waals surface area contributed by atoms with Crippen LogP contribution in [0, 0.1) is 13.7 Å². The minimum Gasteiger partial charge on any atom is -0.322 e. The van der Waals surface area contributed by atoms with Crippen molar-refractivity contribution in [1.29, 1.82) is 0 Å². The van der Waals surface area contributed by atoms with E-state index in [0.29, 0.717) is 11.4 Å². The van der Waals surface area contributed by atoms with E-state index in [2.05, 4.69) is 32.6 Å². The molecule has 8 nitrogen and oxygen atoms in total. The average molecular weight is 523 g/mol. The number of rotatable bonds is 6. The molecule has 0 aromatic heterocycles. The van der Waals surface area contributed by atoms with Gasteiger partial charge in [-0.3, -0.25) is 19.6 Å². The molecular formula is C19H14IN3O5S. The predicted molar refractivity (Wildman–Crippen MR) is 117 cm³/mol. The number of nitrogens with one attached hydrogen (secondary N) is 2. The molecule has 1 amide bonds. The Kier molecular flexibility index (Phi) is 6.13. The molecule has 29 heavy (non-hydrogen) atoms. The largest absolute Gasteiger partial charge is 0.322 e. The maximum absolute atomic E-state index is 12.6. The highest BCUT2D eigenvalue weighted by molar-refractivity contribution is 14.1. The molecule has 148 valence electrons. The highest BCUT2D eigenvalue weighted by Gasteiger charge is 2.17. The minimum absolute atomic E-state index is 0.0626. The molecule has 0 spiro atoms. The number of carbonyl (C=O) groups is 1. The molecule has 0 fully saturated rings. The summed E-state index contributed by atoms with van der Waals surface area (Å²) in [5, 5.41) is 13.3. The molecule has 3 aromatic rings. The molecule has 0 bridgehead atoms. The van der Waals surface area contributed by atoms with E-state index in [0.717, 1.165) is 3.57 Å². The Morgan fingerprint density at radius 2 is 1.55 bits per heavy atom. The SMILES string of the molecule is O=C(Nc1ccc([N+](=O)[O-])cc1)c1cccc(S(=O)(=O)Nc2ccc(I)cc2)c1. The summed E-state index contributed by atoms with van der Waals surface area (Å²) in [6.45, 7) is 0. The van der Waals surface area contributed by atoms with Gasteiger partial charge < -0.3 is 5.32 Å². The summed E-state index contributed by atoms with van der Waals surface area (Å²) in [5.74, 6) is -0.537. The van der Waals surface area contributed by atoms with E-state index in [1.54, 1.807) is 24.3 Å². The molecular weight excluding hydrogens is 509 g/mol. The van der Waals surface area contributed by atoms with Crippen LogP contribution in [0.2, 0.25) is 0 Å². The number of nitrogens with zero attached hydrogens (tertiary/aromatic N) is 1. The smallest absolute Gasteiger partial charge is 0.269 e. The molecule has 0 aliphatic carbocycles. The van der Waals surface area contributed by atoms with E-state index in [4.69, 9.17) is 0 Å². The fraction of sp³-hybridized carbons (Fsp3) is 0. The van der Waals surface area contributed by atoms with Crippen LogP contribution in [0.1, 0.15) is 10.4 Å². The average Bonchev–Trinajstić information content (AvgIpc) is 2.70. The van der Waals surface area contributed by atoms with E-state index >= 15 is 0 Å². The number of hydrogen-bond acceptors (Lipinski definition) is 5. The summed E-state index contributed by atoms with van der Waals surface area (Å²) in [4.78, 5) is 22.5. The van der Waals surface area contributed by atoms with Crippen molar-refractivity contribution in [3.05, 3.63) is 92.0 Å². The lowest BCUT2D eigenvalue weighted by atomic mass is 10.2. The van der Waals surface area contributed by atoms with Gasteiger partial charge in [-0.15, -0.1) is 0 Å². The van der Waals surface area contributed by atoms with Crippen molar-refractivity contribution in [3.63, 3.8) is 0 Å². The zero-order valence-corrected chi connectivity index (χ0v) is 17.7. The highest BCUT2D eigenvalue weighted by atomic mass is 127. The quantitative estimate of drug-likeness (QED) is 0.285. The molecule has 0 aliphatic heterocycles. The number of amides is 1. The lowest BCUT2D eigenvalue weighted by molar-refractivity contribution is -0.384. The molecule has 0 unspecified atom stereocenters. The summed E-state index contributed by atoms with van der Waals surface area (Å²) < 4.78 is 28.7. The summed E-state index contributed by atoms with van der Waals surface area (Å²) >= 11 is 2.12. The Morgan fingerprint density at radius 1 is 0.931 bits per heavy atom. The van der Waals surface area contributed by atoms with Gasteiger partial charge in [-0.25, -0.2) is 8.42 Å². The normalized spacial score (nSPS) is 10.9. The fourth-order valence-electron chi connectivity index (χ4n) is 2.41. The van der Waals surface area contributed by atoms with Crippen LogP contribution in [0.4, 0.5) is 17.1 Å². The van der Waals surface area contributed by atoms with Crippen LogP contribution in [0.15, 0.2) is 77.7 Å². The Balaban J connectivity index is 1.78. The lowest BCUT2D eigenvalue weighted by Gasteiger charge is -2.10. The van der Waals surface area contributed by atoms with E-state index < -0.39 is 20.9 Å². The lowest BCUT2D eigenvalue weighted by Crippen LogP contribution is -2.16. The van der Waals surface area contributed by atoms with Crippen LogP contribution in [0.25, 0.3) is 0 Å². The van der Waals surface area contributed by atoms with Gasteiger partial charge in [0.05, 0.1) is 9.82 Å². The van der Waals surface area contributed by atoms with Crippen molar-refractivity contribution < 1.29 is 18.1 Å². The Bertz CT molecular complexity index is 1160. The van der Waals surface area contributed by atoms with Crippen LogP contribution < -0.4 is 10.0 Å². The van der Waals surface area contributed by atoms with Crippen molar-refractivity contribution in [1.82, 2.24) is 0 Å². The molecule has 10 heteroatoms. The standard InChI is InChI=1S/C19H14IN3O5S/c20-14-4-6-16(7-5-14)22-29(27,28)18-3-1-2-13(12-18)19(24)21-15-8-10-17(11-9-15)23(25)26/h1-12,22H,(H,21,24). The molecule has 0 saturated carbocycles. The number of nitro groups is 1. The molecule has 0 heterocycles. The van der Waals surface area contributed by atoms with Crippen LogP contribution >= 0.6 is 22.6 Å². The van der Waals surface area contributed by atoms with Gasteiger partial charge in [0.15, 0.2) is 0 Å². The van der Waals surface area contributed by atoms with Gasteiger partial charge in [0, 0.05) is 32.6 Å².